The molecule has 0 saturated carbocycles. The van der Waals surface area contributed by atoms with Crippen LogP contribution in [0.5, 0.6) is 11.6 Å². The zero-order valence-electron chi connectivity index (χ0n) is 12.7. The first-order chi connectivity index (χ1) is 12.2. The Balaban J connectivity index is 1.90. The van der Waals surface area contributed by atoms with Crippen molar-refractivity contribution in [3.05, 3.63) is 45.0 Å². The average Bonchev–Trinajstić information content (AvgIpc) is 2.97. The Labute approximate surface area is 160 Å². The highest BCUT2D eigenvalue weighted by Crippen LogP contribution is 2.42. The predicted octanol–water partition coefficient (Wildman–Crippen LogP) is 5.38. The Morgan fingerprint density at radius 2 is 1.77 bits per heavy atom. The van der Waals surface area contributed by atoms with Crippen LogP contribution in [0, 0.1) is 0 Å². The minimum atomic E-state index is -4.58. The molecule has 0 spiro atoms. The second-order valence-corrected chi connectivity index (χ2v) is 6.45. The van der Waals surface area contributed by atoms with Crippen molar-refractivity contribution in [3.8, 4) is 11.6 Å². The van der Waals surface area contributed by atoms with Crippen molar-refractivity contribution in [1.82, 2.24) is 10.3 Å². The number of hydrogen-bond acceptors (Lipinski definition) is 3. The van der Waals surface area contributed by atoms with Crippen LogP contribution in [0.25, 0.3) is 0 Å². The normalized spacial score (nSPS) is 14.5. The summed E-state index contributed by atoms with van der Waals surface area (Å²) in [6, 6.07) is 3.30. The van der Waals surface area contributed by atoms with Crippen LogP contribution in [0.15, 0.2) is 24.4 Å². The Morgan fingerprint density at radius 3 is 2.27 bits per heavy atom. The summed E-state index contributed by atoms with van der Waals surface area (Å²) in [7, 11) is 0. The van der Waals surface area contributed by atoms with Crippen LogP contribution in [0.3, 0.4) is 0 Å². The number of rotatable bonds is 3. The smallest absolute Gasteiger partial charge is 0.417 e. The van der Waals surface area contributed by atoms with Gasteiger partial charge < -0.3 is 10.1 Å². The van der Waals surface area contributed by atoms with E-state index in [0.29, 0.717) is 31.0 Å². The lowest BCUT2D eigenvalue weighted by Gasteiger charge is -2.17. The molecule has 26 heavy (non-hydrogen) atoms. The fraction of sp³-hybridized carbons (Fsp3) is 0.200. The minimum Gasteiger partial charge on any atom is -0.434 e. The highest BCUT2D eigenvalue weighted by atomic mass is 35.5. The molecule has 1 aromatic carbocycles. The number of alkyl halides is 3. The molecule has 0 aliphatic carbocycles. The molecule has 0 atom stereocenters. The summed E-state index contributed by atoms with van der Waals surface area (Å²) in [5.74, 6) is -0.319. The van der Waals surface area contributed by atoms with Gasteiger partial charge >= 0.3 is 12.2 Å². The summed E-state index contributed by atoms with van der Waals surface area (Å²) in [6.07, 6.45) is -3.99. The molecule has 0 unspecified atom stereocenters. The van der Waals surface area contributed by atoms with Gasteiger partial charge in [0.25, 0.3) is 0 Å². The first kappa shape index (κ1) is 18.9. The lowest BCUT2D eigenvalue weighted by Crippen LogP contribution is -2.27. The average molecular weight is 427 g/mol. The molecule has 1 fully saturated rings. The molecule has 1 aliphatic rings. The van der Waals surface area contributed by atoms with Crippen molar-refractivity contribution in [1.29, 1.82) is 0 Å². The van der Waals surface area contributed by atoms with Crippen LogP contribution in [0.4, 0.5) is 23.7 Å². The topological polar surface area (TPSA) is 54.5 Å². The van der Waals surface area contributed by atoms with E-state index in [4.69, 9.17) is 39.5 Å². The van der Waals surface area contributed by atoms with Crippen LogP contribution >= 0.6 is 34.8 Å². The van der Waals surface area contributed by atoms with Crippen LogP contribution < -0.4 is 15.0 Å². The maximum absolute atomic E-state index is 12.7. The molecule has 1 N–H and O–H groups in total. The fourth-order valence-corrected chi connectivity index (χ4v) is 3.03. The summed E-state index contributed by atoms with van der Waals surface area (Å²) in [5.41, 5.74) is -0.559. The van der Waals surface area contributed by atoms with Crippen LogP contribution in [0.2, 0.25) is 15.1 Å². The zero-order valence-corrected chi connectivity index (χ0v) is 15.0. The number of halogens is 6. The number of pyridine rings is 1. The predicted molar refractivity (Wildman–Crippen MR) is 91.5 cm³/mol. The lowest BCUT2D eigenvalue weighted by molar-refractivity contribution is -0.137. The van der Waals surface area contributed by atoms with Crippen LogP contribution in [0.1, 0.15) is 5.56 Å². The number of anilines is 1. The number of nitrogens with one attached hydrogen (secondary N) is 1. The van der Waals surface area contributed by atoms with Gasteiger partial charge in [0.2, 0.25) is 5.88 Å². The largest absolute Gasteiger partial charge is 0.434 e. The Bertz CT molecular complexity index is 854. The van der Waals surface area contributed by atoms with Gasteiger partial charge in [-0.2, -0.15) is 13.2 Å². The van der Waals surface area contributed by atoms with E-state index in [-0.39, 0.29) is 32.7 Å². The van der Waals surface area contributed by atoms with Gasteiger partial charge in [-0.05, 0) is 18.2 Å². The number of aromatic nitrogens is 1. The van der Waals surface area contributed by atoms with Crippen molar-refractivity contribution in [2.24, 2.45) is 0 Å². The first-order valence-electron chi connectivity index (χ1n) is 7.12. The molecule has 11 heteroatoms. The molecule has 1 aromatic heterocycles. The molecule has 138 valence electrons. The number of carbonyl (C=O) groups excluding carboxylic acids is 1. The number of amides is 2. The molecule has 3 rings (SSSR count). The molecule has 0 bridgehead atoms. The number of hydrogen-bond donors (Lipinski definition) is 1. The summed E-state index contributed by atoms with van der Waals surface area (Å²) in [4.78, 5) is 16.7. The second kappa shape index (κ2) is 7.02. The third-order valence-corrected chi connectivity index (χ3v) is 4.32. The van der Waals surface area contributed by atoms with Crippen LogP contribution in [-0.4, -0.2) is 24.1 Å². The van der Waals surface area contributed by atoms with Crippen LogP contribution in [-0.2, 0) is 6.18 Å². The molecule has 1 saturated heterocycles. The molecule has 2 aromatic rings. The summed E-state index contributed by atoms with van der Waals surface area (Å²) in [6.45, 7) is 0.926. The highest BCUT2D eigenvalue weighted by molar-refractivity contribution is 6.38. The van der Waals surface area contributed by atoms with Gasteiger partial charge in [-0.25, -0.2) is 9.78 Å². The van der Waals surface area contributed by atoms with E-state index in [1.54, 1.807) is 0 Å². The Morgan fingerprint density at radius 1 is 1.12 bits per heavy atom. The molecule has 2 amide bonds. The minimum absolute atomic E-state index is 0.0363. The van der Waals surface area contributed by atoms with Gasteiger partial charge in [-0.3, -0.25) is 4.90 Å². The van der Waals surface area contributed by atoms with E-state index < -0.39 is 11.7 Å². The second-order valence-electron chi connectivity index (χ2n) is 5.23. The molecule has 1 aliphatic heterocycles. The molecule has 0 radical (unpaired) electrons. The van der Waals surface area contributed by atoms with Gasteiger partial charge in [0.15, 0.2) is 5.75 Å². The van der Waals surface area contributed by atoms with Crippen molar-refractivity contribution < 1.29 is 22.7 Å². The molecule has 2 heterocycles. The van der Waals surface area contributed by atoms with E-state index in [1.165, 1.54) is 17.0 Å². The third kappa shape index (κ3) is 3.77. The Hall–Kier alpha value is -1.90. The maximum atomic E-state index is 12.7. The number of ether oxygens (including phenoxy) is 1. The maximum Gasteiger partial charge on any atom is 0.417 e. The van der Waals surface area contributed by atoms with Crippen molar-refractivity contribution >= 4 is 46.5 Å². The molecular weight excluding hydrogens is 418 g/mol. The van der Waals surface area contributed by atoms with Gasteiger partial charge in [-0.1, -0.05) is 34.8 Å². The standard InChI is InChI=1S/C15H9Cl3F3N3O2/c16-9-4-8(24-2-1-22-14(24)25)5-10(17)12(9)26-13-11(18)3-7(6-23-13)15(19,20)21/h3-6H,1-2H2,(H,22,25). The summed E-state index contributed by atoms with van der Waals surface area (Å²) in [5, 5.41) is 2.38. The SMILES string of the molecule is O=C1NCCN1c1cc(Cl)c(Oc2ncc(C(F)(F)F)cc2Cl)c(Cl)c1. The van der Waals surface area contributed by atoms with Gasteiger partial charge in [0, 0.05) is 25.0 Å². The monoisotopic (exact) mass is 425 g/mol. The van der Waals surface area contributed by atoms with E-state index in [0.717, 1.165) is 0 Å². The number of nitrogens with zero attached hydrogens (tertiary/aromatic N) is 2. The fourth-order valence-electron chi connectivity index (χ4n) is 2.27. The molecular formula is C15H9Cl3F3N3O2. The zero-order chi connectivity index (χ0) is 19.1. The van der Waals surface area contributed by atoms with E-state index in [1.807, 2.05) is 0 Å². The van der Waals surface area contributed by atoms with Gasteiger partial charge in [0.05, 0.1) is 15.6 Å². The third-order valence-electron chi connectivity index (χ3n) is 3.48. The highest BCUT2D eigenvalue weighted by Gasteiger charge is 2.32. The van der Waals surface area contributed by atoms with E-state index in [9.17, 15) is 18.0 Å². The van der Waals surface area contributed by atoms with Gasteiger partial charge in [0.1, 0.15) is 5.02 Å². The molecule has 5 nitrogen and oxygen atoms in total. The number of urea groups is 1. The number of benzene rings is 1. The number of carbonyl (C=O) groups is 1. The van der Waals surface area contributed by atoms with Crippen molar-refractivity contribution in [2.45, 2.75) is 6.18 Å². The van der Waals surface area contributed by atoms with Crippen molar-refractivity contribution in [3.63, 3.8) is 0 Å². The first-order valence-corrected chi connectivity index (χ1v) is 8.25. The van der Waals surface area contributed by atoms with E-state index >= 15 is 0 Å². The Kier molecular flexibility index (Phi) is 5.09. The lowest BCUT2D eigenvalue weighted by atomic mass is 10.2. The summed E-state index contributed by atoms with van der Waals surface area (Å²) >= 11 is 18.1. The quantitative estimate of drug-likeness (QED) is 0.717. The van der Waals surface area contributed by atoms with E-state index in [2.05, 4.69) is 10.3 Å². The van der Waals surface area contributed by atoms with Crippen molar-refractivity contribution in [2.75, 3.05) is 18.0 Å². The summed E-state index contributed by atoms with van der Waals surface area (Å²) < 4.78 is 43.4. The van der Waals surface area contributed by atoms with Gasteiger partial charge in [-0.15, -0.1) is 0 Å².